The number of hydrogen-bond donors (Lipinski definition) is 1. The summed E-state index contributed by atoms with van der Waals surface area (Å²) in [7, 11) is -3.29. The van der Waals surface area contributed by atoms with Crippen molar-refractivity contribution >= 4 is 12.7 Å². The zero-order chi connectivity index (χ0) is 15.2. The molecule has 2 atom stereocenters. The summed E-state index contributed by atoms with van der Waals surface area (Å²) >= 11 is 0. The SMILES string of the molecule is CCCCCC(CC(C)(C)C)P(=O)(O)c1ccccc1. The van der Waals surface area contributed by atoms with Crippen molar-refractivity contribution < 1.29 is 9.46 Å². The van der Waals surface area contributed by atoms with E-state index >= 15 is 0 Å². The Kier molecular flexibility index (Phi) is 6.48. The smallest absolute Gasteiger partial charge is 0.232 e. The van der Waals surface area contributed by atoms with Gasteiger partial charge in [0.1, 0.15) is 0 Å². The van der Waals surface area contributed by atoms with Crippen LogP contribution in [0.15, 0.2) is 30.3 Å². The maximum atomic E-state index is 12.9. The summed E-state index contributed by atoms with van der Waals surface area (Å²) < 4.78 is 12.9. The van der Waals surface area contributed by atoms with E-state index in [1.807, 2.05) is 18.2 Å². The normalized spacial score (nSPS) is 16.6. The second kappa shape index (κ2) is 7.43. The van der Waals surface area contributed by atoms with Crippen molar-refractivity contribution in [3.8, 4) is 0 Å². The number of unbranched alkanes of at least 4 members (excludes halogenated alkanes) is 2. The molecule has 20 heavy (non-hydrogen) atoms. The molecule has 0 spiro atoms. The van der Waals surface area contributed by atoms with Gasteiger partial charge < -0.3 is 4.89 Å². The molecule has 0 aromatic heterocycles. The van der Waals surface area contributed by atoms with Crippen LogP contribution in [-0.4, -0.2) is 10.6 Å². The molecule has 0 heterocycles. The van der Waals surface area contributed by atoms with Crippen LogP contribution in [0.25, 0.3) is 0 Å². The van der Waals surface area contributed by atoms with Crippen LogP contribution >= 0.6 is 7.37 Å². The molecule has 1 N–H and O–H groups in total. The third-order valence-electron chi connectivity index (χ3n) is 3.61. The lowest BCUT2D eigenvalue weighted by atomic mass is 9.89. The van der Waals surface area contributed by atoms with Gasteiger partial charge in [-0.25, -0.2) is 0 Å². The highest BCUT2D eigenvalue weighted by atomic mass is 31.2. The van der Waals surface area contributed by atoms with E-state index in [1.54, 1.807) is 12.1 Å². The van der Waals surface area contributed by atoms with Gasteiger partial charge in [-0.05, 0) is 30.4 Å². The van der Waals surface area contributed by atoms with Crippen LogP contribution < -0.4 is 5.30 Å². The molecule has 2 nitrogen and oxygen atoms in total. The molecule has 1 rings (SSSR count). The van der Waals surface area contributed by atoms with Gasteiger partial charge in [-0.15, -0.1) is 0 Å². The second-order valence-corrected chi connectivity index (χ2v) is 9.37. The highest BCUT2D eigenvalue weighted by Gasteiger charge is 2.34. The molecule has 1 aromatic rings. The monoisotopic (exact) mass is 296 g/mol. The first-order chi connectivity index (χ1) is 9.27. The lowest BCUT2D eigenvalue weighted by molar-refractivity contribution is 0.343. The predicted octanol–water partition coefficient (Wildman–Crippen LogP) is 4.97. The third-order valence-corrected chi connectivity index (χ3v) is 6.08. The van der Waals surface area contributed by atoms with Gasteiger partial charge in [0.2, 0.25) is 7.37 Å². The van der Waals surface area contributed by atoms with Crippen LogP contribution in [-0.2, 0) is 4.57 Å². The van der Waals surface area contributed by atoms with Crippen LogP contribution in [0, 0.1) is 5.41 Å². The van der Waals surface area contributed by atoms with Crippen molar-refractivity contribution in [2.24, 2.45) is 5.41 Å². The number of benzene rings is 1. The van der Waals surface area contributed by atoms with Crippen LogP contribution in [0.1, 0.15) is 59.8 Å². The van der Waals surface area contributed by atoms with E-state index in [4.69, 9.17) is 0 Å². The standard InChI is InChI=1S/C17H29O2P/c1-5-6-8-13-16(14-17(2,3)4)20(18,19)15-11-9-7-10-12-15/h7,9-12,16H,5-6,8,13-14H2,1-4H3,(H,18,19). The molecule has 0 amide bonds. The lowest BCUT2D eigenvalue weighted by Gasteiger charge is -2.29. The van der Waals surface area contributed by atoms with Gasteiger partial charge >= 0.3 is 0 Å². The molecule has 2 unspecified atom stereocenters. The highest BCUT2D eigenvalue weighted by molar-refractivity contribution is 7.66. The van der Waals surface area contributed by atoms with Crippen molar-refractivity contribution in [2.75, 3.05) is 0 Å². The van der Waals surface area contributed by atoms with E-state index < -0.39 is 7.37 Å². The summed E-state index contributed by atoms with van der Waals surface area (Å²) in [6, 6.07) is 9.16. The average Bonchev–Trinajstić information content (AvgIpc) is 2.37. The van der Waals surface area contributed by atoms with Crippen LogP contribution in [0.3, 0.4) is 0 Å². The highest BCUT2D eigenvalue weighted by Crippen LogP contribution is 2.51. The Balaban J connectivity index is 2.93. The van der Waals surface area contributed by atoms with E-state index in [0.717, 1.165) is 32.1 Å². The van der Waals surface area contributed by atoms with Crippen molar-refractivity contribution in [1.29, 1.82) is 0 Å². The van der Waals surface area contributed by atoms with Gasteiger partial charge in [-0.2, -0.15) is 0 Å². The minimum absolute atomic E-state index is 0.0735. The maximum absolute atomic E-state index is 12.9. The third kappa shape index (κ3) is 5.42. The Morgan fingerprint density at radius 2 is 1.75 bits per heavy atom. The summed E-state index contributed by atoms with van der Waals surface area (Å²) in [5.41, 5.74) is -0.0548. The second-order valence-electron chi connectivity index (χ2n) is 6.87. The summed E-state index contributed by atoms with van der Waals surface area (Å²) in [5, 5.41) is 0.603. The van der Waals surface area contributed by atoms with Gasteiger partial charge in [0.25, 0.3) is 0 Å². The van der Waals surface area contributed by atoms with Gasteiger partial charge in [0, 0.05) is 11.0 Å². The molecule has 0 aliphatic rings. The Morgan fingerprint density at radius 3 is 2.25 bits per heavy atom. The van der Waals surface area contributed by atoms with Gasteiger partial charge in [-0.1, -0.05) is 65.2 Å². The molecule has 114 valence electrons. The molecule has 1 aromatic carbocycles. The minimum Gasteiger partial charge on any atom is -0.341 e. The predicted molar refractivity (Wildman–Crippen MR) is 87.9 cm³/mol. The first-order valence-electron chi connectivity index (χ1n) is 7.65. The van der Waals surface area contributed by atoms with Crippen LogP contribution in [0.2, 0.25) is 0 Å². The first-order valence-corrected chi connectivity index (χ1v) is 9.38. The van der Waals surface area contributed by atoms with E-state index in [-0.39, 0.29) is 11.1 Å². The quantitative estimate of drug-likeness (QED) is 0.570. The molecule has 0 radical (unpaired) electrons. The fourth-order valence-electron chi connectivity index (χ4n) is 2.59. The summed E-state index contributed by atoms with van der Waals surface area (Å²) in [5.74, 6) is 0. The molecular formula is C17H29O2P. The zero-order valence-electron chi connectivity index (χ0n) is 13.3. The molecule has 0 saturated carbocycles. The Hall–Kier alpha value is -0.590. The Morgan fingerprint density at radius 1 is 1.15 bits per heavy atom. The van der Waals surface area contributed by atoms with Crippen LogP contribution in [0.5, 0.6) is 0 Å². The van der Waals surface area contributed by atoms with Crippen molar-refractivity contribution in [3.05, 3.63) is 30.3 Å². The Bertz CT molecular complexity index is 434. The lowest BCUT2D eigenvalue weighted by Crippen LogP contribution is -2.23. The molecule has 0 fully saturated rings. The molecule has 0 bridgehead atoms. The summed E-state index contributed by atoms with van der Waals surface area (Å²) in [6.45, 7) is 8.59. The van der Waals surface area contributed by atoms with E-state index in [9.17, 15) is 9.46 Å². The van der Waals surface area contributed by atoms with Gasteiger partial charge in [-0.3, -0.25) is 4.57 Å². The fraction of sp³-hybridized carbons (Fsp3) is 0.647. The van der Waals surface area contributed by atoms with E-state index in [0.29, 0.717) is 5.30 Å². The van der Waals surface area contributed by atoms with Crippen molar-refractivity contribution in [1.82, 2.24) is 0 Å². The molecule has 0 aliphatic carbocycles. The molecule has 0 aliphatic heterocycles. The average molecular weight is 296 g/mol. The topological polar surface area (TPSA) is 37.3 Å². The van der Waals surface area contributed by atoms with Crippen molar-refractivity contribution in [3.63, 3.8) is 0 Å². The van der Waals surface area contributed by atoms with Gasteiger partial charge in [0.05, 0.1) is 0 Å². The first kappa shape index (κ1) is 17.5. The summed E-state index contributed by atoms with van der Waals surface area (Å²) in [4.78, 5) is 10.7. The summed E-state index contributed by atoms with van der Waals surface area (Å²) in [6.07, 6.45) is 4.94. The molecule has 3 heteroatoms. The fourth-order valence-corrected chi connectivity index (χ4v) is 4.94. The van der Waals surface area contributed by atoms with Gasteiger partial charge in [0.15, 0.2) is 0 Å². The maximum Gasteiger partial charge on any atom is 0.232 e. The van der Waals surface area contributed by atoms with Crippen LogP contribution in [0.4, 0.5) is 0 Å². The van der Waals surface area contributed by atoms with E-state index in [2.05, 4.69) is 27.7 Å². The molecule has 0 saturated heterocycles. The zero-order valence-corrected chi connectivity index (χ0v) is 14.2. The Labute approximate surface area is 124 Å². The number of rotatable bonds is 7. The largest absolute Gasteiger partial charge is 0.341 e. The minimum atomic E-state index is -3.29. The number of hydrogen-bond acceptors (Lipinski definition) is 1. The van der Waals surface area contributed by atoms with E-state index in [1.165, 1.54) is 0 Å². The molecular weight excluding hydrogens is 267 g/mol. The van der Waals surface area contributed by atoms with Crippen molar-refractivity contribution in [2.45, 2.75) is 65.5 Å².